The maximum atomic E-state index is 14.7. The van der Waals surface area contributed by atoms with E-state index in [2.05, 4.69) is 19.7 Å². The molecular weight excluding hydrogens is 524 g/mol. The second-order valence-electron chi connectivity index (χ2n) is 6.90. The molecule has 0 radical (unpaired) electrons. The summed E-state index contributed by atoms with van der Waals surface area (Å²) in [6.07, 6.45) is -3.03. The van der Waals surface area contributed by atoms with Gasteiger partial charge in [0.05, 0.1) is 6.61 Å². The molecule has 7 N–H and O–H groups in total. The van der Waals surface area contributed by atoms with E-state index in [1.165, 1.54) is 0 Å². The number of fused-ring (bicyclic) bond motifs is 1. The van der Waals surface area contributed by atoms with Gasteiger partial charge in [-0.2, -0.15) is 8.62 Å². The predicted molar refractivity (Wildman–Crippen MR) is 99.0 cm³/mol. The standard InChI is InChI=1S/C12H16FN2O15P3/c1-2-10(18)8(15-4-3-6(16)14-9(15)17)28-11(7(13)12(10,11)19)5-27-32(23,24)30-33(25,26)29-31(20,21)22/h2-4,7-8,18-19H,1,5H2,(H,23,24)(H,25,26)(H,14,16,17)(H2,20,21,22)/t7?,8-,10+,11+,12+/m1/s1. The Hall–Kier alpha value is -1.36. The van der Waals surface area contributed by atoms with Gasteiger partial charge < -0.3 is 34.5 Å². The van der Waals surface area contributed by atoms with Gasteiger partial charge in [0.1, 0.15) is 0 Å². The first-order valence-corrected chi connectivity index (χ1v) is 12.9. The first kappa shape index (κ1) is 26.2. The molecule has 33 heavy (non-hydrogen) atoms. The van der Waals surface area contributed by atoms with E-state index in [1.807, 2.05) is 4.98 Å². The molecule has 1 aliphatic heterocycles. The molecule has 1 aliphatic carbocycles. The zero-order valence-electron chi connectivity index (χ0n) is 15.8. The number of alkyl halides is 1. The van der Waals surface area contributed by atoms with E-state index < -0.39 is 70.5 Å². The van der Waals surface area contributed by atoms with Gasteiger partial charge in [-0.3, -0.25) is 18.9 Å². The average Bonchev–Trinajstić information content (AvgIpc) is 3.01. The van der Waals surface area contributed by atoms with Gasteiger partial charge in [-0.1, -0.05) is 12.7 Å². The summed E-state index contributed by atoms with van der Waals surface area (Å²) >= 11 is 0. The van der Waals surface area contributed by atoms with Gasteiger partial charge in [0.15, 0.2) is 29.2 Å². The van der Waals surface area contributed by atoms with Crippen molar-refractivity contribution in [2.24, 2.45) is 0 Å². The Morgan fingerprint density at radius 1 is 1.18 bits per heavy atom. The van der Waals surface area contributed by atoms with Crippen LogP contribution in [0.1, 0.15) is 6.23 Å². The van der Waals surface area contributed by atoms with Crippen LogP contribution in [0.5, 0.6) is 0 Å². The van der Waals surface area contributed by atoms with Gasteiger partial charge in [0.2, 0.25) is 0 Å². The molecule has 7 atom stereocenters. The van der Waals surface area contributed by atoms with Gasteiger partial charge >= 0.3 is 29.2 Å². The van der Waals surface area contributed by atoms with E-state index in [-0.39, 0.29) is 0 Å². The zero-order valence-corrected chi connectivity index (χ0v) is 18.5. The summed E-state index contributed by atoms with van der Waals surface area (Å²) in [6, 6.07) is 0.827. The number of phosphoric acid groups is 3. The molecule has 186 valence electrons. The van der Waals surface area contributed by atoms with Crippen LogP contribution in [0.4, 0.5) is 4.39 Å². The summed E-state index contributed by atoms with van der Waals surface area (Å²) in [5.74, 6) is 0. The van der Waals surface area contributed by atoms with Crippen molar-refractivity contribution < 1.29 is 65.8 Å². The van der Waals surface area contributed by atoms with E-state index in [4.69, 9.17) is 19.4 Å². The highest BCUT2D eigenvalue weighted by molar-refractivity contribution is 7.66. The zero-order chi connectivity index (χ0) is 25.3. The lowest BCUT2D eigenvalue weighted by Gasteiger charge is -2.32. The molecule has 0 spiro atoms. The summed E-state index contributed by atoms with van der Waals surface area (Å²) in [7, 11) is -17.3. The molecule has 1 aromatic heterocycles. The summed E-state index contributed by atoms with van der Waals surface area (Å²) in [5.41, 5.74) is -10.4. The Morgan fingerprint density at radius 3 is 2.30 bits per heavy atom. The van der Waals surface area contributed by atoms with Crippen LogP contribution in [0, 0.1) is 0 Å². The van der Waals surface area contributed by atoms with E-state index in [0.29, 0.717) is 10.6 Å². The first-order valence-electron chi connectivity index (χ1n) is 8.34. The highest BCUT2D eigenvalue weighted by Gasteiger charge is 2.93. The molecule has 2 heterocycles. The summed E-state index contributed by atoms with van der Waals surface area (Å²) in [5, 5.41) is 21.6. The number of H-pyrrole nitrogens is 1. The van der Waals surface area contributed by atoms with Crippen molar-refractivity contribution in [3.63, 3.8) is 0 Å². The van der Waals surface area contributed by atoms with Gasteiger partial charge in [-0.15, -0.1) is 0 Å². The molecular formula is C12H16FN2O15P3. The average molecular weight is 540 g/mol. The summed E-state index contributed by atoms with van der Waals surface area (Å²) in [4.78, 5) is 60.9. The molecule has 1 saturated heterocycles. The lowest BCUT2D eigenvalue weighted by Crippen LogP contribution is -2.51. The number of hydrogen-bond donors (Lipinski definition) is 7. The van der Waals surface area contributed by atoms with E-state index in [9.17, 15) is 42.8 Å². The van der Waals surface area contributed by atoms with Crippen molar-refractivity contribution in [2.45, 2.75) is 29.2 Å². The molecule has 0 bridgehead atoms. The summed E-state index contributed by atoms with van der Waals surface area (Å²) < 4.78 is 65.8. The largest absolute Gasteiger partial charge is 0.490 e. The van der Waals surface area contributed by atoms with Crippen molar-refractivity contribution in [1.82, 2.24) is 9.55 Å². The minimum absolute atomic E-state index is 0.548. The van der Waals surface area contributed by atoms with Gasteiger partial charge in [-0.25, -0.2) is 22.9 Å². The Kier molecular flexibility index (Phi) is 6.23. The normalized spacial score (nSPS) is 37.1. The quantitative estimate of drug-likeness (QED) is 0.134. The fourth-order valence-electron chi connectivity index (χ4n) is 3.45. The Balaban J connectivity index is 1.88. The topological polar surface area (TPSA) is 264 Å². The monoisotopic (exact) mass is 540 g/mol. The lowest BCUT2D eigenvalue weighted by molar-refractivity contribution is -0.145. The van der Waals surface area contributed by atoms with Crippen molar-refractivity contribution >= 4 is 23.5 Å². The van der Waals surface area contributed by atoms with Crippen LogP contribution in [0.15, 0.2) is 34.5 Å². The fourth-order valence-corrected chi connectivity index (χ4v) is 6.50. The number of rotatable bonds is 9. The van der Waals surface area contributed by atoms with E-state index >= 15 is 0 Å². The molecule has 1 saturated carbocycles. The number of nitrogens with zero attached hydrogens (tertiary/aromatic N) is 1. The molecule has 0 aromatic carbocycles. The van der Waals surface area contributed by atoms with Crippen LogP contribution in [0.3, 0.4) is 0 Å². The van der Waals surface area contributed by atoms with Crippen molar-refractivity contribution in [3.05, 3.63) is 45.8 Å². The van der Waals surface area contributed by atoms with Crippen LogP contribution in [0.25, 0.3) is 0 Å². The second-order valence-corrected chi connectivity index (χ2v) is 11.3. The third kappa shape index (κ3) is 4.28. The number of aromatic nitrogens is 2. The molecule has 2 aliphatic rings. The number of aromatic amines is 1. The second kappa shape index (κ2) is 7.83. The lowest BCUT2D eigenvalue weighted by atomic mass is 9.91. The third-order valence-electron chi connectivity index (χ3n) is 4.92. The molecule has 0 amide bonds. The van der Waals surface area contributed by atoms with E-state index in [1.54, 1.807) is 0 Å². The maximum absolute atomic E-state index is 14.7. The molecule has 2 fully saturated rings. The van der Waals surface area contributed by atoms with Crippen LogP contribution in [0.2, 0.25) is 0 Å². The Morgan fingerprint density at radius 2 is 1.79 bits per heavy atom. The van der Waals surface area contributed by atoms with Crippen molar-refractivity contribution in [1.29, 1.82) is 0 Å². The van der Waals surface area contributed by atoms with Crippen LogP contribution < -0.4 is 11.2 Å². The van der Waals surface area contributed by atoms with Crippen LogP contribution >= 0.6 is 23.5 Å². The minimum Gasteiger partial charge on any atom is -0.380 e. The number of hydrogen-bond acceptors (Lipinski definition) is 11. The van der Waals surface area contributed by atoms with Gasteiger partial charge in [0, 0.05) is 12.3 Å². The predicted octanol–water partition coefficient (Wildman–Crippen LogP) is -1.85. The van der Waals surface area contributed by atoms with Crippen LogP contribution in [-0.2, 0) is 31.6 Å². The highest BCUT2D eigenvalue weighted by Crippen LogP contribution is 2.71. The molecule has 3 rings (SSSR count). The third-order valence-corrected chi connectivity index (χ3v) is 8.70. The summed E-state index contributed by atoms with van der Waals surface area (Å²) in [6.45, 7) is 1.78. The SMILES string of the molecule is C=C[C@]1(O)[C@H](n2ccc(=O)[nH]c2=O)O[C@@]2(COP(=O)(O)OP(=O)(O)OP(=O)(O)O)C(F)[C@@]21O. The highest BCUT2D eigenvalue weighted by atomic mass is 31.3. The molecule has 17 nitrogen and oxygen atoms in total. The maximum Gasteiger partial charge on any atom is 0.490 e. The number of phosphoric ester groups is 1. The number of ether oxygens (including phenoxy) is 1. The van der Waals surface area contributed by atoms with E-state index in [0.717, 1.165) is 12.3 Å². The number of aliphatic hydroxyl groups is 2. The smallest absolute Gasteiger partial charge is 0.380 e. The minimum atomic E-state index is -5.88. The fraction of sp³-hybridized carbons (Fsp3) is 0.500. The molecule has 21 heteroatoms. The molecule has 3 unspecified atom stereocenters. The number of halogens is 1. The number of nitrogens with one attached hydrogen (secondary N) is 1. The van der Waals surface area contributed by atoms with Crippen molar-refractivity contribution in [2.75, 3.05) is 6.61 Å². The van der Waals surface area contributed by atoms with Crippen LogP contribution in [-0.4, -0.2) is 68.9 Å². The molecule has 1 aromatic rings. The first-order chi connectivity index (χ1) is 14.8. The van der Waals surface area contributed by atoms with Gasteiger partial charge in [-0.05, 0) is 0 Å². The Bertz CT molecular complexity index is 1240. The van der Waals surface area contributed by atoms with Crippen molar-refractivity contribution in [3.8, 4) is 0 Å². The Labute approximate surface area is 181 Å². The van der Waals surface area contributed by atoms with Gasteiger partial charge in [0.25, 0.3) is 5.56 Å².